The zero-order valence-electron chi connectivity index (χ0n) is 16.3. The fourth-order valence-corrected chi connectivity index (χ4v) is 4.76. The average Bonchev–Trinajstić information content (AvgIpc) is 3.44. The van der Waals surface area contributed by atoms with Crippen LogP contribution < -0.4 is 5.32 Å². The van der Waals surface area contributed by atoms with Gasteiger partial charge in [-0.3, -0.25) is 4.79 Å². The van der Waals surface area contributed by atoms with Crippen molar-refractivity contribution in [2.75, 3.05) is 24.8 Å². The van der Waals surface area contributed by atoms with Crippen molar-refractivity contribution in [3.05, 3.63) is 35.5 Å². The topological polar surface area (TPSA) is 74.0 Å². The summed E-state index contributed by atoms with van der Waals surface area (Å²) in [5.41, 5.74) is 1.80. The van der Waals surface area contributed by atoms with Crippen molar-refractivity contribution < 1.29 is 9.53 Å². The van der Waals surface area contributed by atoms with E-state index < -0.39 is 0 Å². The average molecular weight is 434 g/mol. The number of amides is 1. The molecule has 3 aromatic rings. The number of carbonyl (C=O) groups excluding carboxylic acids is 1. The molecule has 0 atom stereocenters. The highest BCUT2D eigenvalue weighted by molar-refractivity contribution is 7.99. The number of hydrogen-bond donors (Lipinski definition) is 1. The van der Waals surface area contributed by atoms with Crippen molar-refractivity contribution >= 4 is 46.1 Å². The summed E-state index contributed by atoms with van der Waals surface area (Å²) in [5.74, 6) is 0.958. The molecular formula is C20H24ClN5O2S. The fourth-order valence-electron chi connectivity index (χ4n) is 3.75. The second-order valence-corrected chi connectivity index (χ2v) is 8.49. The molecule has 4 rings (SSSR count). The van der Waals surface area contributed by atoms with Crippen molar-refractivity contribution in [3.8, 4) is 0 Å². The highest BCUT2D eigenvalue weighted by Crippen LogP contribution is 2.31. The predicted molar refractivity (Wildman–Crippen MR) is 116 cm³/mol. The normalized spacial score (nSPS) is 14.7. The number of ether oxygens (including phenoxy) is 1. The third kappa shape index (κ3) is 4.60. The highest BCUT2D eigenvalue weighted by Gasteiger charge is 2.21. The number of rotatable bonds is 8. The van der Waals surface area contributed by atoms with Crippen molar-refractivity contribution in [3.63, 3.8) is 0 Å². The van der Waals surface area contributed by atoms with Crippen LogP contribution in [0.3, 0.4) is 0 Å². The quantitative estimate of drug-likeness (QED) is 0.533. The molecule has 1 aliphatic carbocycles. The number of carbonyl (C=O) groups is 1. The number of nitrogens with one attached hydrogen (secondary N) is 1. The smallest absolute Gasteiger partial charge is 0.235 e. The molecule has 2 aromatic heterocycles. The molecule has 9 heteroatoms. The zero-order chi connectivity index (χ0) is 20.2. The van der Waals surface area contributed by atoms with Crippen molar-refractivity contribution in [1.29, 1.82) is 0 Å². The second kappa shape index (κ2) is 9.19. The van der Waals surface area contributed by atoms with Gasteiger partial charge in [0.2, 0.25) is 5.91 Å². The van der Waals surface area contributed by atoms with Crippen LogP contribution in [0.2, 0.25) is 5.02 Å². The highest BCUT2D eigenvalue weighted by atomic mass is 35.5. The van der Waals surface area contributed by atoms with Crippen LogP contribution in [-0.4, -0.2) is 44.7 Å². The molecule has 1 aromatic carbocycles. The molecule has 29 heavy (non-hydrogen) atoms. The van der Waals surface area contributed by atoms with Gasteiger partial charge in [-0.15, -0.1) is 0 Å². The molecule has 2 heterocycles. The van der Waals surface area contributed by atoms with E-state index >= 15 is 0 Å². The number of hydrogen-bond acceptors (Lipinski definition) is 5. The second-order valence-electron chi connectivity index (χ2n) is 7.11. The minimum Gasteiger partial charge on any atom is -0.383 e. The Morgan fingerprint density at radius 1 is 1.34 bits per heavy atom. The summed E-state index contributed by atoms with van der Waals surface area (Å²) in [6, 6.07) is 7.88. The number of anilines is 1. The Hall–Kier alpha value is -2.03. The maximum absolute atomic E-state index is 12.6. The summed E-state index contributed by atoms with van der Waals surface area (Å²) in [5, 5.41) is 8.83. The first kappa shape index (κ1) is 20.3. The maximum Gasteiger partial charge on any atom is 0.235 e. The van der Waals surface area contributed by atoms with Gasteiger partial charge in [0.25, 0.3) is 0 Å². The van der Waals surface area contributed by atoms with Crippen LogP contribution in [-0.2, 0) is 16.1 Å². The largest absolute Gasteiger partial charge is 0.383 e. The molecule has 154 valence electrons. The Morgan fingerprint density at radius 3 is 2.97 bits per heavy atom. The van der Waals surface area contributed by atoms with Crippen LogP contribution in [0.5, 0.6) is 0 Å². The van der Waals surface area contributed by atoms with Crippen LogP contribution in [0.15, 0.2) is 35.6 Å². The van der Waals surface area contributed by atoms with E-state index in [-0.39, 0.29) is 11.7 Å². The monoisotopic (exact) mass is 433 g/mol. The van der Waals surface area contributed by atoms with E-state index in [0.29, 0.717) is 24.2 Å². The standard InChI is InChI=1S/C20H24ClN5O2S/c1-28-11-10-25-17-7-6-14(21)12-16(17)23-20(25)29-13-19(27)24-18-8-9-22-26(18)15-4-2-3-5-15/h6-9,12,15H,2-5,10-11,13H2,1H3,(H,24,27). The Morgan fingerprint density at radius 2 is 2.17 bits per heavy atom. The summed E-state index contributed by atoms with van der Waals surface area (Å²) in [7, 11) is 1.67. The first-order chi connectivity index (χ1) is 14.2. The lowest BCUT2D eigenvalue weighted by atomic mass is 10.2. The molecule has 0 spiro atoms. The molecule has 0 aliphatic heterocycles. The summed E-state index contributed by atoms with van der Waals surface area (Å²) < 4.78 is 9.24. The molecule has 1 aliphatic rings. The third-order valence-electron chi connectivity index (χ3n) is 5.13. The minimum atomic E-state index is -0.0712. The van der Waals surface area contributed by atoms with Crippen LogP contribution in [0.25, 0.3) is 11.0 Å². The molecule has 1 amide bonds. The molecule has 0 bridgehead atoms. The van der Waals surface area contributed by atoms with Gasteiger partial charge in [0.1, 0.15) is 5.82 Å². The lowest BCUT2D eigenvalue weighted by molar-refractivity contribution is -0.113. The number of aromatic nitrogens is 4. The molecule has 1 fully saturated rings. The van der Waals surface area contributed by atoms with Crippen molar-refractivity contribution in [1.82, 2.24) is 19.3 Å². The number of benzene rings is 1. The summed E-state index contributed by atoms with van der Waals surface area (Å²) >= 11 is 7.52. The molecule has 1 N–H and O–H groups in total. The van der Waals surface area contributed by atoms with Crippen LogP contribution in [0.1, 0.15) is 31.7 Å². The Balaban J connectivity index is 1.45. The lowest BCUT2D eigenvalue weighted by Gasteiger charge is -2.14. The Labute approximate surface area is 178 Å². The number of imidazole rings is 1. The minimum absolute atomic E-state index is 0.0712. The molecule has 0 unspecified atom stereocenters. The van der Waals surface area contributed by atoms with Crippen LogP contribution in [0.4, 0.5) is 5.82 Å². The number of nitrogens with zero attached hydrogens (tertiary/aromatic N) is 4. The van der Waals surface area contributed by atoms with Crippen LogP contribution >= 0.6 is 23.4 Å². The first-order valence-electron chi connectivity index (χ1n) is 9.76. The fraction of sp³-hybridized carbons (Fsp3) is 0.450. The molecule has 0 saturated heterocycles. The SMILES string of the molecule is COCCn1c(SCC(=O)Nc2ccnn2C2CCCC2)nc2cc(Cl)ccc21. The van der Waals surface area contributed by atoms with Gasteiger partial charge in [0, 0.05) is 24.7 Å². The number of fused-ring (bicyclic) bond motifs is 1. The number of halogens is 1. The van der Waals surface area contributed by atoms with E-state index in [9.17, 15) is 4.79 Å². The van der Waals surface area contributed by atoms with E-state index in [0.717, 1.165) is 34.8 Å². The first-order valence-corrected chi connectivity index (χ1v) is 11.1. The van der Waals surface area contributed by atoms with Gasteiger partial charge in [0.05, 0.1) is 35.6 Å². The molecule has 0 radical (unpaired) electrons. The summed E-state index contributed by atoms with van der Waals surface area (Å²) in [4.78, 5) is 17.3. The summed E-state index contributed by atoms with van der Waals surface area (Å²) in [6.45, 7) is 1.22. The van der Waals surface area contributed by atoms with Gasteiger partial charge in [0.15, 0.2) is 5.16 Å². The van der Waals surface area contributed by atoms with Crippen LogP contribution in [0, 0.1) is 0 Å². The Bertz CT molecular complexity index is 996. The van der Waals surface area contributed by atoms with Gasteiger partial charge in [-0.2, -0.15) is 5.10 Å². The van der Waals surface area contributed by atoms with Gasteiger partial charge in [-0.05, 0) is 31.0 Å². The van der Waals surface area contributed by atoms with Gasteiger partial charge < -0.3 is 14.6 Å². The van der Waals surface area contributed by atoms with Gasteiger partial charge in [-0.1, -0.05) is 36.2 Å². The summed E-state index contributed by atoms with van der Waals surface area (Å²) in [6.07, 6.45) is 6.41. The predicted octanol–water partition coefficient (Wildman–Crippen LogP) is 4.38. The molecule has 1 saturated carbocycles. The van der Waals surface area contributed by atoms with Crippen molar-refractivity contribution in [2.24, 2.45) is 0 Å². The van der Waals surface area contributed by atoms with Crippen molar-refractivity contribution in [2.45, 2.75) is 43.4 Å². The van der Waals surface area contributed by atoms with Gasteiger partial charge >= 0.3 is 0 Å². The van der Waals surface area contributed by atoms with Gasteiger partial charge in [-0.25, -0.2) is 9.67 Å². The zero-order valence-corrected chi connectivity index (χ0v) is 17.9. The maximum atomic E-state index is 12.6. The Kier molecular flexibility index (Phi) is 6.42. The number of thioether (sulfide) groups is 1. The van der Waals surface area contributed by atoms with E-state index in [1.54, 1.807) is 13.3 Å². The molecule has 7 nitrogen and oxygen atoms in total. The van der Waals surface area contributed by atoms with E-state index in [1.165, 1.54) is 24.6 Å². The van der Waals surface area contributed by atoms with E-state index in [2.05, 4.69) is 20.0 Å². The molecular weight excluding hydrogens is 410 g/mol. The van der Waals surface area contributed by atoms with E-state index in [1.807, 2.05) is 28.9 Å². The number of methoxy groups -OCH3 is 1. The van der Waals surface area contributed by atoms with E-state index in [4.69, 9.17) is 16.3 Å². The lowest BCUT2D eigenvalue weighted by Crippen LogP contribution is -2.19. The third-order valence-corrected chi connectivity index (χ3v) is 6.35.